The largest absolute Gasteiger partial charge is 0.404 e. The lowest BCUT2D eigenvalue weighted by Crippen LogP contribution is -2.43. The van der Waals surface area contributed by atoms with Gasteiger partial charge in [0.25, 0.3) is 0 Å². The first-order valence-electron chi connectivity index (χ1n) is 17.8. The summed E-state index contributed by atoms with van der Waals surface area (Å²) in [6, 6.07) is 8.77. The fraction of sp³-hybridized carbons (Fsp3) is 0.250. The standard InChI is InChI=1S/C44H43N5/c45-29-38(30-16-5-1-6-17-30)41-37-27-14-13-26-36(37)39(40(46-41)31-18-7-2-8-19-31)34-24-15-25-35(28-34)44-48-42(32-20-9-3-10-21-32)47-43(49-44)33-22-11-4-12-23-33/h1-5,7-16,18,20,22,24-27,29,31-34,42H,6,17,19,21,23,28,45H2,(H,47,48,49). The number of nitrogens with two attached hydrogens (primary N) is 1. The summed E-state index contributed by atoms with van der Waals surface area (Å²) < 4.78 is 0. The first-order chi connectivity index (χ1) is 24.3. The van der Waals surface area contributed by atoms with Crippen LogP contribution >= 0.6 is 0 Å². The third kappa shape index (κ3) is 6.33. The number of hydrogen-bond acceptors (Lipinski definition) is 5. The number of amidine groups is 2. The summed E-state index contributed by atoms with van der Waals surface area (Å²) in [6.07, 6.45) is 46.9. The van der Waals surface area contributed by atoms with Crippen LogP contribution in [-0.4, -0.2) is 22.8 Å². The normalized spacial score (nSPS) is 27.5. The Balaban J connectivity index is 1.20. The van der Waals surface area contributed by atoms with E-state index in [9.17, 15) is 0 Å². The van der Waals surface area contributed by atoms with Gasteiger partial charge in [0.2, 0.25) is 0 Å². The molecular formula is C44H43N5. The molecule has 5 aliphatic carbocycles. The monoisotopic (exact) mass is 641 g/mol. The van der Waals surface area contributed by atoms with Crippen molar-refractivity contribution in [1.29, 1.82) is 0 Å². The molecule has 0 saturated carbocycles. The smallest absolute Gasteiger partial charge is 0.150 e. The molecule has 49 heavy (non-hydrogen) atoms. The third-order valence-electron chi connectivity index (χ3n) is 10.4. The van der Waals surface area contributed by atoms with Gasteiger partial charge in [-0.3, -0.25) is 4.98 Å². The topological polar surface area (TPSA) is 75.7 Å². The van der Waals surface area contributed by atoms with Crippen LogP contribution in [0.3, 0.4) is 0 Å². The van der Waals surface area contributed by atoms with Crippen molar-refractivity contribution in [2.24, 2.45) is 27.6 Å². The number of aromatic nitrogens is 1. The molecule has 2 heterocycles. The van der Waals surface area contributed by atoms with E-state index >= 15 is 0 Å². The van der Waals surface area contributed by atoms with Crippen LogP contribution in [0.5, 0.6) is 0 Å². The number of nitrogens with zero attached hydrogens (tertiary/aromatic N) is 3. The van der Waals surface area contributed by atoms with E-state index in [1.54, 1.807) is 6.20 Å². The Kier molecular flexibility index (Phi) is 8.89. The Hall–Kier alpha value is -5.29. The molecule has 5 atom stereocenters. The Morgan fingerprint density at radius 3 is 2.20 bits per heavy atom. The molecule has 0 spiro atoms. The molecule has 0 radical (unpaired) electrons. The quantitative estimate of drug-likeness (QED) is 0.316. The van der Waals surface area contributed by atoms with Crippen LogP contribution < -0.4 is 11.1 Å². The van der Waals surface area contributed by atoms with Gasteiger partial charge in [-0.05, 0) is 60.6 Å². The minimum Gasteiger partial charge on any atom is -0.404 e. The van der Waals surface area contributed by atoms with E-state index in [0.717, 1.165) is 72.5 Å². The van der Waals surface area contributed by atoms with Gasteiger partial charge in [0.15, 0.2) is 6.17 Å². The lowest BCUT2D eigenvalue weighted by atomic mass is 9.79. The molecule has 5 unspecified atom stereocenters. The van der Waals surface area contributed by atoms with E-state index in [0.29, 0.717) is 0 Å². The van der Waals surface area contributed by atoms with Crippen LogP contribution in [0, 0.1) is 11.8 Å². The van der Waals surface area contributed by atoms with Crippen LogP contribution in [-0.2, 0) is 0 Å². The maximum Gasteiger partial charge on any atom is 0.150 e. The Morgan fingerprint density at radius 2 is 1.49 bits per heavy atom. The van der Waals surface area contributed by atoms with Gasteiger partial charge in [-0.25, -0.2) is 9.98 Å². The van der Waals surface area contributed by atoms with Crippen LogP contribution in [0.15, 0.2) is 161 Å². The maximum atomic E-state index is 6.41. The molecule has 0 bridgehead atoms. The Bertz CT molecular complexity index is 2040. The molecule has 1 aromatic heterocycles. The molecule has 244 valence electrons. The molecule has 1 aliphatic heterocycles. The highest BCUT2D eigenvalue weighted by Crippen LogP contribution is 2.43. The zero-order valence-electron chi connectivity index (χ0n) is 27.8. The third-order valence-corrected chi connectivity index (χ3v) is 10.4. The number of benzene rings is 1. The summed E-state index contributed by atoms with van der Waals surface area (Å²) in [5.74, 6) is 2.72. The van der Waals surface area contributed by atoms with Gasteiger partial charge in [-0.1, -0.05) is 134 Å². The van der Waals surface area contributed by atoms with Crippen LogP contribution in [0.4, 0.5) is 0 Å². The van der Waals surface area contributed by atoms with E-state index in [2.05, 4.69) is 139 Å². The number of rotatable bonds is 7. The first-order valence-corrected chi connectivity index (χ1v) is 17.8. The van der Waals surface area contributed by atoms with Gasteiger partial charge < -0.3 is 11.1 Å². The van der Waals surface area contributed by atoms with Crippen molar-refractivity contribution < 1.29 is 0 Å². The fourth-order valence-corrected chi connectivity index (χ4v) is 7.82. The summed E-state index contributed by atoms with van der Waals surface area (Å²) in [6.45, 7) is 0. The molecule has 1 aromatic carbocycles. The van der Waals surface area contributed by atoms with Crippen molar-refractivity contribution in [2.75, 3.05) is 0 Å². The van der Waals surface area contributed by atoms with Gasteiger partial charge >= 0.3 is 0 Å². The highest BCUT2D eigenvalue weighted by Gasteiger charge is 2.31. The van der Waals surface area contributed by atoms with Crippen molar-refractivity contribution in [2.45, 2.75) is 56.5 Å². The Morgan fingerprint density at radius 1 is 0.735 bits per heavy atom. The second kappa shape index (κ2) is 14.1. The minimum absolute atomic E-state index is 0.128. The molecule has 8 rings (SSSR count). The highest BCUT2D eigenvalue weighted by molar-refractivity contribution is 6.11. The number of pyridine rings is 1. The number of aliphatic imine (C=N–C) groups is 2. The van der Waals surface area contributed by atoms with Gasteiger partial charge in [0.1, 0.15) is 11.7 Å². The van der Waals surface area contributed by atoms with E-state index in [-0.39, 0.29) is 29.8 Å². The van der Waals surface area contributed by atoms with E-state index in [1.165, 1.54) is 22.1 Å². The molecule has 6 aliphatic rings. The summed E-state index contributed by atoms with van der Waals surface area (Å²) in [5.41, 5.74) is 13.3. The zero-order valence-corrected chi connectivity index (χ0v) is 27.8. The van der Waals surface area contributed by atoms with Gasteiger partial charge in [0, 0.05) is 40.8 Å². The summed E-state index contributed by atoms with van der Waals surface area (Å²) in [4.78, 5) is 16.1. The summed E-state index contributed by atoms with van der Waals surface area (Å²) in [7, 11) is 0. The minimum atomic E-state index is -0.154. The number of fused-ring (bicyclic) bond motifs is 1. The van der Waals surface area contributed by atoms with Crippen molar-refractivity contribution >= 4 is 28.0 Å². The van der Waals surface area contributed by atoms with E-state index in [4.69, 9.17) is 20.7 Å². The second-order valence-corrected chi connectivity index (χ2v) is 13.5. The van der Waals surface area contributed by atoms with Crippen molar-refractivity contribution in [1.82, 2.24) is 10.3 Å². The fourth-order valence-electron chi connectivity index (χ4n) is 7.82. The van der Waals surface area contributed by atoms with Crippen LogP contribution in [0.25, 0.3) is 16.3 Å². The van der Waals surface area contributed by atoms with Crippen LogP contribution in [0.1, 0.15) is 67.3 Å². The zero-order chi connectivity index (χ0) is 33.0. The molecule has 0 saturated heterocycles. The first kappa shape index (κ1) is 31.0. The summed E-state index contributed by atoms with van der Waals surface area (Å²) in [5, 5.41) is 6.10. The number of hydrogen-bond donors (Lipinski definition) is 2. The van der Waals surface area contributed by atoms with Gasteiger partial charge in [0.05, 0.1) is 11.4 Å². The average Bonchev–Trinajstić information content (AvgIpc) is 3.19. The van der Waals surface area contributed by atoms with Gasteiger partial charge in [-0.2, -0.15) is 0 Å². The van der Waals surface area contributed by atoms with Crippen LogP contribution in [0.2, 0.25) is 0 Å². The molecule has 2 aromatic rings. The van der Waals surface area contributed by atoms with E-state index in [1.807, 2.05) is 0 Å². The van der Waals surface area contributed by atoms with Crippen molar-refractivity contribution in [3.05, 3.63) is 168 Å². The Labute approximate surface area is 289 Å². The molecule has 5 heteroatoms. The van der Waals surface area contributed by atoms with Crippen molar-refractivity contribution in [3.8, 4) is 0 Å². The summed E-state index contributed by atoms with van der Waals surface area (Å²) >= 11 is 0. The average molecular weight is 642 g/mol. The van der Waals surface area contributed by atoms with Gasteiger partial charge in [-0.15, -0.1) is 0 Å². The lowest BCUT2D eigenvalue weighted by Gasteiger charge is -2.31. The molecule has 5 nitrogen and oxygen atoms in total. The predicted molar refractivity (Wildman–Crippen MR) is 205 cm³/mol. The molecule has 0 fully saturated rings. The van der Waals surface area contributed by atoms with E-state index < -0.39 is 0 Å². The lowest BCUT2D eigenvalue weighted by molar-refractivity contribution is 0.511. The molecular weight excluding hydrogens is 599 g/mol. The maximum absolute atomic E-state index is 6.41. The molecule has 3 N–H and O–H groups in total. The molecule has 0 amide bonds. The SMILES string of the molecule is NC=C(C1=CC=CCC1)c1nc(C2C=CC=CC2)c(C2C=CC=C(C3=NC(C4C=CC=CC4)N=C(C4C=CC=CC4)N3)C2)c2ccccc12. The number of nitrogens with one attached hydrogen (secondary N) is 1. The number of allylic oxidation sites excluding steroid dienone is 18. The highest BCUT2D eigenvalue weighted by atomic mass is 15.2. The predicted octanol–water partition coefficient (Wildman–Crippen LogP) is 9.37. The second-order valence-electron chi connectivity index (χ2n) is 13.5. The van der Waals surface area contributed by atoms with Crippen molar-refractivity contribution in [3.63, 3.8) is 0 Å².